The van der Waals surface area contributed by atoms with Crippen LogP contribution in [-0.4, -0.2) is 28.8 Å². The van der Waals surface area contributed by atoms with Crippen LogP contribution >= 0.6 is 15.9 Å². The van der Waals surface area contributed by atoms with Gasteiger partial charge in [-0.3, -0.25) is 0 Å². The summed E-state index contributed by atoms with van der Waals surface area (Å²) in [5.41, 5.74) is 4.00. The van der Waals surface area contributed by atoms with Crippen LogP contribution in [-0.2, 0) is 0 Å². The lowest BCUT2D eigenvalue weighted by molar-refractivity contribution is 0.416. The van der Waals surface area contributed by atoms with Crippen LogP contribution in [0.4, 0.5) is 11.5 Å². The van der Waals surface area contributed by atoms with Gasteiger partial charge in [0.2, 0.25) is 0 Å². The van der Waals surface area contributed by atoms with E-state index in [1.54, 1.807) is 19.5 Å². The summed E-state index contributed by atoms with van der Waals surface area (Å²) in [5, 5.41) is 4.36. The largest absolute Gasteiger partial charge is 0.495 e. The highest BCUT2D eigenvalue weighted by Crippen LogP contribution is 2.36. The Hall–Kier alpha value is -2.86. The maximum atomic E-state index is 5.67. The third kappa shape index (κ3) is 2.93. The molecule has 0 saturated heterocycles. The standard InChI is InChI=1S/C20H17BrN4O/c1-24(20-10-11-22-19-9-12-23-25(19)20)17-8-5-15(13-18(17)26-2)14-3-6-16(21)7-4-14/h3-13H,1-2H3. The Bertz CT molecular complexity index is 1060. The summed E-state index contributed by atoms with van der Waals surface area (Å²) in [5.74, 6) is 1.71. The van der Waals surface area contributed by atoms with Gasteiger partial charge in [0.25, 0.3) is 0 Å². The summed E-state index contributed by atoms with van der Waals surface area (Å²) in [6.45, 7) is 0. The maximum Gasteiger partial charge on any atom is 0.157 e. The number of hydrogen-bond donors (Lipinski definition) is 0. The third-order valence-electron chi connectivity index (χ3n) is 4.33. The Balaban J connectivity index is 1.76. The molecular formula is C20H17BrN4O. The molecule has 2 aromatic carbocycles. The number of benzene rings is 2. The van der Waals surface area contributed by atoms with E-state index in [0.29, 0.717) is 0 Å². The van der Waals surface area contributed by atoms with E-state index in [9.17, 15) is 0 Å². The molecule has 0 fully saturated rings. The van der Waals surface area contributed by atoms with Gasteiger partial charge in [0.05, 0.1) is 19.0 Å². The molecule has 0 unspecified atom stereocenters. The lowest BCUT2D eigenvalue weighted by atomic mass is 10.0. The van der Waals surface area contributed by atoms with E-state index >= 15 is 0 Å². The van der Waals surface area contributed by atoms with Gasteiger partial charge in [-0.2, -0.15) is 9.61 Å². The van der Waals surface area contributed by atoms with Gasteiger partial charge >= 0.3 is 0 Å². The molecule has 5 nitrogen and oxygen atoms in total. The molecule has 4 rings (SSSR count). The number of hydrogen-bond acceptors (Lipinski definition) is 4. The van der Waals surface area contributed by atoms with Gasteiger partial charge in [-0.25, -0.2) is 4.98 Å². The Morgan fingerprint density at radius 3 is 2.50 bits per heavy atom. The van der Waals surface area contributed by atoms with Crippen molar-refractivity contribution in [2.75, 3.05) is 19.1 Å². The highest BCUT2D eigenvalue weighted by Gasteiger charge is 2.14. The number of nitrogens with zero attached hydrogens (tertiary/aromatic N) is 4. The molecular weight excluding hydrogens is 392 g/mol. The fourth-order valence-corrected chi connectivity index (χ4v) is 3.24. The van der Waals surface area contributed by atoms with E-state index in [1.807, 2.05) is 40.7 Å². The molecule has 4 aromatic rings. The van der Waals surface area contributed by atoms with Crippen LogP contribution < -0.4 is 9.64 Å². The number of fused-ring (bicyclic) bond motifs is 1. The second-order valence-electron chi connectivity index (χ2n) is 5.86. The van der Waals surface area contributed by atoms with Crippen LogP contribution in [0, 0.1) is 0 Å². The first-order chi connectivity index (χ1) is 12.7. The van der Waals surface area contributed by atoms with Crippen LogP contribution in [0.3, 0.4) is 0 Å². The fraction of sp³-hybridized carbons (Fsp3) is 0.100. The van der Waals surface area contributed by atoms with Crippen molar-refractivity contribution in [1.82, 2.24) is 14.6 Å². The van der Waals surface area contributed by atoms with Crippen LogP contribution in [0.2, 0.25) is 0 Å². The molecule has 0 amide bonds. The van der Waals surface area contributed by atoms with Crippen molar-refractivity contribution in [2.45, 2.75) is 0 Å². The molecule has 0 saturated carbocycles. The molecule has 0 atom stereocenters. The smallest absolute Gasteiger partial charge is 0.157 e. The van der Waals surface area contributed by atoms with Gasteiger partial charge in [0.15, 0.2) is 5.65 Å². The molecule has 0 aliphatic rings. The molecule has 0 N–H and O–H groups in total. The zero-order valence-electron chi connectivity index (χ0n) is 14.4. The summed E-state index contributed by atoms with van der Waals surface area (Å²) in [7, 11) is 3.68. The summed E-state index contributed by atoms with van der Waals surface area (Å²) in [6.07, 6.45) is 3.53. The molecule has 0 aliphatic heterocycles. The average Bonchev–Trinajstić information content (AvgIpc) is 3.16. The van der Waals surface area contributed by atoms with Gasteiger partial charge in [-0.1, -0.05) is 34.1 Å². The minimum Gasteiger partial charge on any atom is -0.495 e. The van der Waals surface area contributed by atoms with Crippen LogP contribution in [0.1, 0.15) is 0 Å². The fourth-order valence-electron chi connectivity index (χ4n) is 2.98. The van der Waals surface area contributed by atoms with E-state index in [2.05, 4.69) is 56.3 Å². The van der Waals surface area contributed by atoms with Gasteiger partial charge in [-0.05, 0) is 41.5 Å². The molecule has 0 aliphatic carbocycles. The van der Waals surface area contributed by atoms with E-state index in [4.69, 9.17) is 4.74 Å². The number of aromatic nitrogens is 3. The van der Waals surface area contributed by atoms with Gasteiger partial charge in [-0.15, -0.1) is 0 Å². The quantitative estimate of drug-likeness (QED) is 0.479. The highest BCUT2D eigenvalue weighted by atomic mass is 79.9. The van der Waals surface area contributed by atoms with Crippen molar-refractivity contribution in [3.8, 4) is 16.9 Å². The van der Waals surface area contributed by atoms with Crippen LogP contribution in [0.15, 0.2) is 71.5 Å². The summed E-state index contributed by atoms with van der Waals surface area (Å²) in [6, 6.07) is 18.3. The minimum atomic E-state index is 0.796. The van der Waals surface area contributed by atoms with Crippen molar-refractivity contribution in [3.05, 3.63) is 71.5 Å². The number of rotatable bonds is 4. The Morgan fingerprint density at radius 2 is 1.73 bits per heavy atom. The zero-order valence-corrected chi connectivity index (χ0v) is 16.0. The normalized spacial score (nSPS) is 10.9. The molecule has 130 valence electrons. The Morgan fingerprint density at radius 1 is 0.962 bits per heavy atom. The molecule has 0 radical (unpaired) electrons. The summed E-state index contributed by atoms with van der Waals surface area (Å²) >= 11 is 3.47. The second kappa shape index (κ2) is 6.80. The van der Waals surface area contributed by atoms with Crippen LogP contribution in [0.5, 0.6) is 5.75 Å². The zero-order chi connectivity index (χ0) is 18.1. The first-order valence-corrected chi connectivity index (χ1v) is 8.93. The number of methoxy groups -OCH3 is 1. The van der Waals surface area contributed by atoms with Gasteiger partial charge in [0.1, 0.15) is 11.6 Å². The topological polar surface area (TPSA) is 42.7 Å². The van der Waals surface area contributed by atoms with Crippen LogP contribution in [0.25, 0.3) is 16.8 Å². The molecule has 2 heterocycles. The maximum absolute atomic E-state index is 5.67. The lowest BCUT2D eigenvalue weighted by Gasteiger charge is -2.22. The predicted molar refractivity (Wildman–Crippen MR) is 107 cm³/mol. The second-order valence-corrected chi connectivity index (χ2v) is 6.77. The van der Waals surface area contributed by atoms with E-state index in [0.717, 1.165) is 38.5 Å². The molecule has 6 heteroatoms. The SMILES string of the molecule is COc1cc(-c2ccc(Br)cc2)ccc1N(C)c1ccnc2ccnn12. The molecule has 0 spiro atoms. The first kappa shape index (κ1) is 16.6. The third-order valence-corrected chi connectivity index (χ3v) is 4.86. The van der Waals surface area contributed by atoms with Gasteiger partial charge in [0, 0.05) is 23.8 Å². The van der Waals surface area contributed by atoms with E-state index in [-0.39, 0.29) is 0 Å². The predicted octanol–water partition coefficient (Wildman–Crippen LogP) is 4.94. The van der Waals surface area contributed by atoms with Crippen molar-refractivity contribution >= 4 is 33.1 Å². The van der Waals surface area contributed by atoms with Gasteiger partial charge < -0.3 is 9.64 Å². The molecule has 26 heavy (non-hydrogen) atoms. The molecule has 2 aromatic heterocycles. The minimum absolute atomic E-state index is 0.796. The first-order valence-electron chi connectivity index (χ1n) is 8.14. The van der Waals surface area contributed by atoms with Crippen molar-refractivity contribution in [3.63, 3.8) is 0 Å². The Labute approximate surface area is 160 Å². The summed E-state index contributed by atoms with van der Waals surface area (Å²) in [4.78, 5) is 6.37. The Kier molecular flexibility index (Phi) is 4.34. The van der Waals surface area contributed by atoms with Crippen molar-refractivity contribution in [1.29, 1.82) is 0 Å². The number of halogens is 1. The highest BCUT2D eigenvalue weighted by molar-refractivity contribution is 9.10. The lowest BCUT2D eigenvalue weighted by Crippen LogP contribution is -2.15. The average molecular weight is 409 g/mol. The number of ether oxygens (including phenoxy) is 1. The number of anilines is 2. The van der Waals surface area contributed by atoms with E-state index < -0.39 is 0 Å². The summed E-state index contributed by atoms with van der Waals surface area (Å²) < 4.78 is 8.54. The van der Waals surface area contributed by atoms with E-state index in [1.165, 1.54) is 0 Å². The molecule has 0 bridgehead atoms. The van der Waals surface area contributed by atoms with Crippen molar-refractivity contribution in [2.24, 2.45) is 0 Å². The van der Waals surface area contributed by atoms with Crippen molar-refractivity contribution < 1.29 is 4.74 Å². The monoisotopic (exact) mass is 408 g/mol.